The van der Waals surface area contributed by atoms with Crippen LogP contribution in [0.4, 0.5) is 5.82 Å². The van der Waals surface area contributed by atoms with Gasteiger partial charge in [0.05, 0.1) is 11.9 Å². The third-order valence-corrected chi connectivity index (χ3v) is 2.63. The molecular weight excluding hydrogens is 176 g/mol. The molecule has 1 atom stereocenters. The fraction of sp³-hybridized carbons (Fsp3) is 0.600. The minimum atomic E-state index is 0.463. The summed E-state index contributed by atoms with van der Waals surface area (Å²) in [5, 5.41) is 0. The van der Waals surface area contributed by atoms with E-state index in [4.69, 9.17) is 5.73 Å². The van der Waals surface area contributed by atoms with Crippen LogP contribution in [0.15, 0.2) is 12.4 Å². The van der Waals surface area contributed by atoms with Crippen molar-refractivity contribution in [2.45, 2.75) is 19.9 Å². The second kappa shape index (κ2) is 3.92. The second-order valence-corrected chi connectivity index (χ2v) is 3.91. The molecular formula is C10H16N4. The number of hydrogen-bond donors (Lipinski definition) is 1. The first-order chi connectivity index (χ1) is 6.79. The van der Waals surface area contributed by atoms with Crippen molar-refractivity contribution in [3.63, 3.8) is 0 Å². The molecule has 2 N–H and O–H groups in total. The van der Waals surface area contributed by atoms with Gasteiger partial charge in [-0.1, -0.05) is 6.92 Å². The van der Waals surface area contributed by atoms with Crippen molar-refractivity contribution >= 4 is 5.82 Å². The van der Waals surface area contributed by atoms with Gasteiger partial charge in [0.1, 0.15) is 5.82 Å². The lowest BCUT2D eigenvalue weighted by Gasteiger charge is -2.16. The van der Waals surface area contributed by atoms with Crippen LogP contribution in [0.25, 0.3) is 0 Å². The Bertz CT molecular complexity index is 313. The van der Waals surface area contributed by atoms with Crippen LogP contribution in [0.3, 0.4) is 0 Å². The fourth-order valence-corrected chi connectivity index (χ4v) is 1.79. The Balaban J connectivity index is 2.15. The van der Waals surface area contributed by atoms with Gasteiger partial charge in [-0.15, -0.1) is 0 Å². The van der Waals surface area contributed by atoms with Crippen molar-refractivity contribution in [1.82, 2.24) is 9.97 Å². The quantitative estimate of drug-likeness (QED) is 0.752. The minimum absolute atomic E-state index is 0.463. The van der Waals surface area contributed by atoms with E-state index in [0.717, 1.165) is 30.5 Å². The predicted molar refractivity (Wildman–Crippen MR) is 55.9 cm³/mol. The number of anilines is 1. The molecule has 14 heavy (non-hydrogen) atoms. The summed E-state index contributed by atoms with van der Waals surface area (Å²) in [4.78, 5) is 10.9. The summed E-state index contributed by atoms with van der Waals surface area (Å²) in [5.74, 6) is 1.73. The summed E-state index contributed by atoms with van der Waals surface area (Å²) in [7, 11) is 0. The smallest absolute Gasteiger partial charge is 0.147 e. The Morgan fingerprint density at radius 1 is 1.57 bits per heavy atom. The molecule has 2 rings (SSSR count). The van der Waals surface area contributed by atoms with E-state index in [1.165, 1.54) is 6.42 Å². The van der Waals surface area contributed by atoms with Crippen molar-refractivity contribution in [3.8, 4) is 0 Å². The standard InChI is InChI=1S/C10H16N4/c1-8-2-3-14(7-8)10-6-12-5-9(4-11)13-10/h5-6,8H,2-4,7,11H2,1H3. The second-order valence-electron chi connectivity index (χ2n) is 3.91. The zero-order valence-corrected chi connectivity index (χ0v) is 8.48. The average Bonchev–Trinajstić information content (AvgIpc) is 2.65. The van der Waals surface area contributed by atoms with E-state index < -0.39 is 0 Å². The van der Waals surface area contributed by atoms with Crippen LogP contribution in [-0.2, 0) is 6.54 Å². The molecule has 0 bridgehead atoms. The van der Waals surface area contributed by atoms with E-state index >= 15 is 0 Å². The van der Waals surface area contributed by atoms with Gasteiger partial charge in [0.15, 0.2) is 0 Å². The SMILES string of the molecule is CC1CCN(c2cncc(CN)n2)C1. The lowest BCUT2D eigenvalue weighted by Crippen LogP contribution is -2.21. The van der Waals surface area contributed by atoms with Crippen LogP contribution in [0.1, 0.15) is 19.0 Å². The first-order valence-corrected chi connectivity index (χ1v) is 5.05. The summed E-state index contributed by atoms with van der Waals surface area (Å²) < 4.78 is 0. The monoisotopic (exact) mass is 192 g/mol. The highest BCUT2D eigenvalue weighted by atomic mass is 15.2. The fourth-order valence-electron chi connectivity index (χ4n) is 1.79. The molecule has 4 nitrogen and oxygen atoms in total. The number of rotatable bonds is 2. The summed E-state index contributed by atoms with van der Waals surface area (Å²) in [6.07, 6.45) is 4.79. The van der Waals surface area contributed by atoms with E-state index in [9.17, 15) is 0 Å². The molecule has 1 unspecified atom stereocenters. The number of hydrogen-bond acceptors (Lipinski definition) is 4. The van der Waals surface area contributed by atoms with Crippen molar-refractivity contribution in [3.05, 3.63) is 18.1 Å². The molecule has 2 heterocycles. The van der Waals surface area contributed by atoms with Crippen molar-refractivity contribution in [2.24, 2.45) is 11.7 Å². The first kappa shape index (κ1) is 9.40. The van der Waals surface area contributed by atoms with Gasteiger partial charge in [0.25, 0.3) is 0 Å². The maximum atomic E-state index is 5.52. The summed E-state index contributed by atoms with van der Waals surface area (Å²) in [6.45, 7) is 4.90. The van der Waals surface area contributed by atoms with Gasteiger partial charge in [0.2, 0.25) is 0 Å². The maximum absolute atomic E-state index is 5.52. The normalized spacial score (nSPS) is 21.6. The van der Waals surface area contributed by atoms with E-state index in [0.29, 0.717) is 6.54 Å². The van der Waals surface area contributed by atoms with Gasteiger partial charge >= 0.3 is 0 Å². The van der Waals surface area contributed by atoms with E-state index in [1.54, 1.807) is 6.20 Å². The molecule has 1 fully saturated rings. The summed E-state index contributed by atoms with van der Waals surface area (Å²) >= 11 is 0. The molecule has 76 valence electrons. The molecule has 1 aliphatic heterocycles. The number of nitrogens with two attached hydrogens (primary N) is 1. The highest BCUT2D eigenvalue weighted by molar-refractivity contribution is 5.37. The van der Waals surface area contributed by atoms with Gasteiger partial charge in [-0.05, 0) is 12.3 Å². The van der Waals surface area contributed by atoms with Gasteiger partial charge in [-0.25, -0.2) is 4.98 Å². The van der Waals surface area contributed by atoms with Crippen molar-refractivity contribution in [2.75, 3.05) is 18.0 Å². The molecule has 0 spiro atoms. The number of aromatic nitrogens is 2. The zero-order valence-electron chi connectivity index (χ0n) is 8.48. The summed E-state index contributed by atoms with van der Waals surface area (Å²) in [5.41, 5.74) is 6.39. The minimum Gasteiger partial charge on any atom is -0.355 e. The molecule has 4 heteroatoms. The largest absolute Gasteiger partial charge is 0.355 e. The van der Waals surface area contributed by atoms with Crippen LogP contribution < -0.4 is 10.6 Å². The molecule has 1 aromatic heterocycles. The topological polar surface area (TPSA) is 55.0 Å². The zero-order chi connectivity index (χ0) is 9.97. The number of nitrogens with zero attached hydrogens (tertiary/aromatic N) is 3. The molecule has 0 radical (unpaired) electrons. The van der Waals surface area contributed by atoms with Crippen LogP contribution in [-0.4, -0.2) is 23.1 Å². The maximum Gasteiger partial charge on any atom is 0.147 e. The molecule has 0 amide bonds. The highest BCUT2D eigenvalue weighted by Gasteiger charge is 2.19. The van der Waals surface area contributed by atoms with Crippen LogP contribution in [0.2, 0.25) is 0 Å². The molecule has 0 saturated carbocycles. The molecule has 1 aliphatic rings. The van der Waals surface area contributed by atoms with Crippen LogP contribution in [0.5, 0.6) is 0 Å². The lowest BCUT2D eigenvalue weighted by molar-refractivity contribution is 0.658. The van der Waals surface area contributed by atoms with Gasteiger partial charge < -0.3 is 10.6 Å². The van der Waals surface area contributed by atoms with E-state index in [1.807, 2.05) is 6.20 Å². The average molecular weight is 192 g/mol. The first-order valence-electron chi connectivity index (χ1n) is 5.05. The summed E-state index contributed by atoms with van der Waals surface area (Å²) in [6, 6.07) is 0. The van der Waals surface area contributed by atoms with Crippen LogP contribution in [0, 0.1) is 5.92 Å². The highest BCUT2D eigenvalue weighted by Crippen LogP contribution is 2.20. The molecule has 0 aromatic carbocycles. The predicted octanol–water partition coefficient (Wildman–Crippen LogP) is 0.781. The van der Waals surface area contributed by atoms with Crippen LogP contribution >= 0.6 is 0 Å². The molecule has 1 saturated heterocycles. The Morgan fingerprint density at radius 2 is 2.43 bits per heavy atom. The Labute approximate surface area is 84.2 Å². The Morgan fingerprint density at radius 3 is 3.07 bits per heavy atom. The van der Waals surface area contributed by atoms with Crippen molar-refractivity contribution in [1.29, 1.82) is 0 Å². The molecule has 1 aromatic rings. The van der Waals surface area contributed by atoms with Crippen molar-refractivity contribution < 1.29 is 0 Å². The molecule has 0 aliphatic carbocycles. The third-order valence-electron chi connectivity index (χ3n) is 2.63. The van der Waals surface area contributed by atoms with Gasteiger partial charge in [-0.3, -0.25) is 4.98 Å². The Kier molecular flexibility index (Phi) is 2.63. The van der Waals surface area contributed by atoms with Gasteiger partial charge in [0, 0.05) is 25.8 Å². The lowest BCUT2D eigenvalue weighted by atomic mass is 10.2. The van der Waals surface area contributed by atoms with E-state index in [-0.39, 0.29) is 0 Å². The van der Waals surface area contributed by atoms with E-state index in [2.05, 4.69) is 21.8 Å². The Hall–Kier alpha value is -1.16. The van der Waals surface area contributed by atoms with Gasteiger partial charge in [-0.2, -0.15) is 0 Å². The third kappa shape index (κ3) is 1.85.